The van der Waals surface area contributed by atoms with E-state index in [1.54, 1.807) is 18.3 Å². The first kappa shape index (κ1) is 10.5. The number of rotatable bonds is 1. The van der Waals surface area contributed by atoms with Gasteiger partial charge < -0.3 is 0 Å². The number of hydrogen-bond donors (Lipinski definition) is 1. The van der Waals surface area contributed by atoms with Crippen LogP contribution in [0, 0.1) is 0 Å². The van der Waals surface area contributed by atoms with Gasteiger partial charge in [0.05, 0.1) is 4.90 Å². The van der Waals surface area contributed by atoms with E-state index < -0.39 is 10.0 Å². The zero-order valence-corrected chi connectivity index (χ0v) is 9.92. The number of nitrogens with two attached hydrogens (primary N) is 1. The summed E-state index contributed by atoms with van der Waals surface area (Å²) >= 11 is 3.32. The normalized spacial score (nSPS) is 11.9. The van der Waals surface area contributed by atoms with E-state index in [0.717, 1.165) is 9.86 Å². The zero-order chi connectivity index (χ0) is 11.1. The fourth-order valence-electron chi connectivity index (χ4n) is 1.38. The van der Waals surface area contributed by atoms with Crippen molar-refractivity contribution in [1.29, 1.82) is 0 Å². The van der Waals surface area contributed by atoms with E-state index in [2.05, 4.69) is 20.9 Å². The van der Waals surface area contributed by atoms with Crippen molar-refractivity contribution in [2.24, 2.45) is 5.14 Å². The van der Waals surface area contributed by atoms with Crippen molar-refractivity contribution in [3.8, 4) is 0 Å². The van der Waals surface area contributed by atoms with Gasteiger partial charge in [0, 0.05) is 27.6 Å². The molecular formula is C9H7BrN2O2S. The van der Waals surface area contributed by atoms with Gasteiger partial charge in [0.25, 0.3) is 0 Å². The largest absolute Gasteiger partial charge is 0.264 e. The van der Waals surface area contributed by atoms with E-state index in [4.69, 9.17) is 5.14 Å². The molecule has 4 nitrogen and oxygen atoms in total. The molecule has 78 valence electrons. The molecule has 0 amide bonds. The van der Waals surface area contributed by atoms with Gasteiger partial charge in [-0.05, 0) is 18.2 Å². The standard InChI is InChI=1S/C9H7BrN2O2S/c10-8-1-2-9(15(11,13)14)6-3-4-12-5-7(6)8/h1-5H,(H2,11,13,14). The van der Waals surface area contributed by atoms with E-state index in [1.807, 2.05) is 0 Å². The first-order chi connectivity index (χ1) is 7.00. The molecule has 2 rings (SSSR count). The smallest absolute Gasteiger partial charge is 0.238 e. The van der Waals surface area contributed by atoms with Crippen LogP contribution in [0.2, 0.25) is 0 Å². The van der Waals surface area contributed by atoms with Gasteiger partial charge in [-0.25, -0.2) is 13.6 Å². The Bertz CT molecular complexity index is 625. The van der Waals surface area contributed by atoms with Gasteiger partial charge in [-0.15, -0.1) is 0 Å². The van der Waals surface area contributed by atoms with Crippen LogP contribution in [0.4, 0.5) is 0 Å². The van der Waals surface area contributed by atoms with Crippen LogP contribution in [0.15, 0.2) is 40.0 Å². The molecule has 0 bridgehead atoms. The van der Waals surface area contributed by atoms with Crippen LogP contribution in [-0.2, 0) is 10.0 Å². The summed E-state index contributed by atoms with van der Waals surface area (Å²) in [6.07, 6.45) is 3.12. The van der Waals surface area contributed by atoms with Gasteiger partial charge in [0.2, 0.25) is 10.0 Å². The maximum Gasteiger partial charge on any atom is 0.238 e. The van der Waals surface area contributed by atoms with E-state index in [1.165, 1.54) is 12.3 Å². The summed E-state index contributed by atoms with van der Waals surface area (Å²) in [6, 6.07) is 4.74. The number of pyridine rings is 1. The van der Waals surface area contributed by atoms with Crippen molar-refractivity contribution in [1.82, 2.24) is 4.98 Å². The fraction of sp³-hybridized carbons (Fsp3) is 0. The quantitative estimate of drug-likeness (QED) is 0.866. The van der Waals surface area contributed by atoms with Crippen LogP contribution in [0.25, 0.3) is 10.8 Å². The summed E-state index contributed by atoms with van der Waals surface area (Å²) in [5.41, 5.74) is 0. The van der Waals surface area contributed by atoms with Crippen molar-refractivity contribution in [3.63, 3.8) is 0 Å². The summed E-state index contributed by atoms with van der Waals surface area (Å²) in [4.78, 5) is 4.05. The summed E-state index contributed by atoms with van der Waals surface area (Å²) in [7, 11) is -3.69. The molecule has 1 heterocycles. The molecule has 1 aromatic heterocycles. The van der Waals surface area contributed by atoms with Crippen LogP contribution >= 0.6 is 15.9 Å². The maximum atomic E-state index is 11.3. The lowest BCUT2D eigenvalue weighted by Gasteiger charge is -2.05. The van der Waals surface area contributed by atoms with Crippen molar-refractivity contribution in [2.45, 2.75) is 4.90 Å². The minimum absolute atomic E-state index is 0.114. The minimum atomic E-state index is -3.69. The number of fused-ring (bicyclic) bond motifs is 1. The molecule has 0 aliphatic heterocycles. The van der Waals surface area contributed by atoms with Gasteiger partial charge >= 0.3 is 0 Å². The van der Waals surface area contributed by atoms with Crippen LogP contribution in [0.5, 0.6) is 0 Å². The SMILES string of the molecule is NS(=O)(=O)c1ccc(Br)c2cnccc12. The van der Waals surface area contributed by atoms with Crippen molar-refractivity contribution in [3.05, 3.63) is 35.1 Å². The van der Waals surface area contributed by atoms with Crippen molar-refractivity contribution < 1.29 is 8.42 Å². The molecule has 2 N–H and O–H groups in total. The Labute approximate surface area is 95.3 Å². The van der Waals surface area contributed by atoms with Gasteiger partial charge in [0.1, 0.15) is 0 Å². The molecule has 0 aliphatic carbocycles. The van der Waals surface area contributed by atoms with Gasteiger partial charge in [0.15, 0.2) is 0 Å². The molecule has 0 atom stereocenters. The van der Waals surface area contributed by atoms with E-state index in [-0.39, 0.29) is 4.90 Å². The molecule has 0 fully saturated rings. The Morgan fingerprint density at radius 3 is 2.60 bits per heavy atom. The monoisotopic (exact) mass is 286 g/mol. The molecule has 0 unspecified atom stereocenters. The van der Waals surface area contributed by atoms with E-state index in [0.29, 0.717) is 5.39 Å². The second-order valence-corrected chi connectivity index (χ2v) is 5.40. The van der Waals surface area contributed by atoms with Crippen molar-refractivity contribution in [2.75, 3.05) is 0 Å². The van der Waals surface area contributed by atoms with Crippen LogP contribution in [-0.4, -0.2) is 13.4 Å². The Hall–Kier alpha value is -0.980. The minimum Gasteiger partial charge on any atom is -0.264 e. The number of hydrogen-bond acceptors (Lipinski definition) is 3. The molecule has 0 radical (unpaired) electrons. The van der Waals surface area contributed by atoms with E-state index in [9.17, 15) is 8.42 Å². The molecule has 0 spiro atoms. The molecule has 1 aromatic carbocycles. The second kappa shape index (κ2) is 3.55. The lowest BCUT2D eigenvalue weighted by molar-refractivity contribution is 0.598. The van der Waals surface area contributed by atoms with Crippen LogP contribution in [0.3, 0.4) is 0 Å². The topological polar surface area (TPSA) is 73.1 Å². The third-order valence-corrected chi connectivity index (χ3v) is 3.69. The maximum absolute atomic E-state index is 11.3. The lowest BCUT2D eigenvalue weighted by atomic mass is 10.2. The lowest BCUT2D eigenvalue weighted by Crippen LogP contribution is -2.12. The highest BCUT2D eigenvalue weighted by Crippen LogP contribution is 2.27. The number of aromatic nitrogens is 1. The highest BCUT2D eigenvalue weighted by atomic mass is 79.9. The number of halogens is 1. The Balaban J connectivity index is 2.96. The molecule has 0 saturated heterocycles. The van der Waals surface area contributed by atoms with Gasteiger partial charge in [-0.2, -0.15) is 0 Å². The average molecular weight is 287 g/mol. The predicted molar refractivity (Wildman–Crippen MR) is 60.8 cm³/mol. The summed E-state index contributed by atoms with van der Waals surface area (Å²) in [5.74, 6) is 0. The molecule has 0 aliphatic rings. The van der Waals surface area contributed by atoms with Crippen molar-refractivity contribution >= 4 is 36.7 Å². The number of nitrogens with zero attached hydrogens (tertiary/aromatic N) is 1. The first-order valence-corrected chi connectivity index (χ1v) is 6.39. The first-order valence-electron chi connectivity index (χ1n) is 4.05. The fourth-order valence-corrected chi connectivity index (χ4v) is 2.57. The molecular weight excluding hydrogens is 280 g/mol. The van der Waals surface area contributed by atoms with Gasteiger partial charge in [-0.3, -0.25) is 4.98 Å². The average Bonchev–Trinajstić information content (AvgIpc) is 2.17. The molecule has 15 heavy (non-hydrogen) atoms. The third kappa shape index (κ3) is 1.88. The highest BCUT2D eigenvalue weighted by molar-refractivity contribution is 9.10. The zero-order valence-electron chi connectivity index (χ0n) is 7.51. The number of primary sulfonamides is 1. The Morgan fingerprint density at radius 1 is 1.20 bits per heavy atom. The second-order valence-electron chi connectivity index (χ2n) is 3.01. The molecule has 2 aromatic rings. The Kier molecular flexibility index (Phi) is 2.49. The predicted octanol–water partition coefficient (Wildman–Crippen LogP) is 1.64. The summed E-state index contributed by atoms with van der Waals surface area (Å²) in [6.45, 7) is 0. The molecule has 6 heteroatoms. The third-order valence-electron chi connectivity index (χ3n) is 2.03. The molecule has 0 saturated carbocycles. The summed E-state index contributed by atoms with van der Waals surface area (Å²) in [5, 5.41) is 6.41. The van der Waals surface area contributed by atoms with E-state index >= 15 is 0 Å². The number of benzene rings is 1. The van der Waals surface area contributed by atoms with Gasteiger partial charge in [-0.1, -0.05) is 15.9 Å². The van der Waals surface area contributed by atoms with Crippen LogP contribution in [0.1, 0.15) is 0 Å². The Morgan fingerprint density at radius 2 is 1.93 bits per heavy atom. The van der Waals surface area contributed by atoms with Crippen LogP contribution < -0.4 is 5.14 Å². The summed E-state index contributed by atoms with van der Waals surface area (Å²) < 4.78 is 23.4. The highest BCUT2D eigenvalue weighted by Gasteiger charge is 2.13. The number of sulfonamides is 1.